The largest absolute Gasteiger partial charge is 0.497 e. The van der Waals surface area contributed by atoms with Crippen LogP contribution in [0.15, 0.2) is 29.8 Å². The second kappa shape index (κ2) is 6.30. The first kappa shape index (κ1) is 18.2. The van der Waals surface area contributed by atoms with Gasteiger partial charge >= 0.3 is 0 Å². The van der Waals surface area contributed by atoms with Gasteiger partial charge in [-0.2, -0.15) is 0 Å². The van der Waals surface area contributed by atoms with Crippen molar-refractivity contribution in [3.8, 4) is 5.75 Å². The lowest BCUT2D eigenvalue weighted by atomic mass is 9.48. The number of carbonyl (C=O) groups excluding carboxylic acids is 1. The van der Waals surface area contributed by atoms with Crippen LogP contribution >= 0.6 is 0 Å². The van der Waals surface area contributed by atoms with E-state index in [9.17, 15) is 4.79 Å². The Morgan fingerprint density at radius 1 is 1.12 bits per heavy atom. The van der Waals surface area contributed by atoms with E-state index in [0.717, 1.165) is 29.7 Å². The Kier molecular flexibility index (Phi) is 4.59. The van der Waals surface area contributed by atoms with E-state index >= 15 is 0 Å². The van der Waals surface area contributed by atoms with Gasteiger partial charge in [0.1, 0.15) is 5.75 Å². The maximum Gasteiger partial charge on any atom is 0.170 e. The van der Waals surface area contributed by atoms with E-state index in [1.54, 1.807) is 7.11 Å². The van der Waals surface area contributed by atoms with Gasteiger partial charge < -0.3 is 4.74 Å². The predicted molar refractivity (Wildman–Crippen MR) is 103 cm³/mol. The highest BCUT2D eigenvalue weighted by Gasteiger charge is 2.54. The second-order valence-corrected chi connectivity index (χ2v) is 9.12. The average Bonchev–Trinajstić information content (AvgIpc) is 2.52. The molecule has 0 bridgehead atoms. The predicted octanol–water partition coefficient (Wildman–Crippen LogP) is 5.99. The summed E-state index contributed by atoms with van der Waals surface area (Å²) in [5.74, 6) is 1.59. The molecule has 1 aromatic carbocycles. The van der Waals surface area contributed by atoms with Crippen LogP contribution in [0.2, 0.25) is 0 Å². The number of allylic oxidation sites excluding steroid dienone is 2. The average molecular weight is 341 g/mol. The van der Waals surface area contributed by atoms with Gasteiger partial charge in [0, 0.05) is 11.5 Å². The van der Waals surface area contributed by atoms with Crippen molar-refractivity contribution in [2.75, 3.05) is 7.11 Å². The molecule has 1 aromatic rings. The van der Waals surface area contributed by atoms with Gasteiger partial charge in [-0.25, -0.2) is 0 Å². The second-order valence-electron chi connectivity index (χ2n) is 9.12. The Labute approximate surface area is 152 Å². The summed E-state index contributed by atoms with van der Waals surface area (Å²) < 4.78 is 5.40. The third-order valence-corrected chi connectivity index (χ3v) is 6.90. The Hall–Kier alpha value is -1.57. The molecule has 0 radical (unpaired) electrons. The van der Waals surface area contributed by atoms with Crippen molar-refractivity contribution in [2.24, 2.45) is 22.7 Å². The summed E-state index contributed by atoms with van der Waals surface area (Å²) in [7, 11) is 1.66. The lowest BCUT2D eigenvalue weighted by Crippen LogP contribution is -2.50. The van der Waals surface area contributed by atoms with Gasteiger partial charge in [0.05, 0.1) is 7.11 Å². The molecule has 0 aromatic heterocycles. The van der Waals surface area contributed by atoms with Gasteiger partial charge in [-0.1, -0.05) is 38.8 Å². The van der Waals surface area contributed by atoms with Crippen LogP contribution in [-0.2, 0) is 0 Å². The fraction of sp³-hybridized carbons (Fsp3) is 0.609. The van der Waals surface area contributed by atoms with Gasteiger partial charge in [-0.3, -0.25) is 4.79 Å². The van der Waals surface area contributed by atoms with Crippen molar-refractivity contribution in [3.63, 3.8) is 0 Å². The first-order valence-corrected chi connectivity index (χ1v) is 9.55. The first-order chi connectivity index (χ1) is 11.7. The normalized spacial score (nSPS) is 31.0. The number of Topliss-reactive ketones (excluding diaryl/α,β-unsaturated/α-hetero) is 1. The minimum Gasteiger partial charge on any atom is -0.497 e. The lowest BCUT2D eigenvalue weighted by molar-refractivity contribution is -0.0294. The Bertz CT molecular complexity index is 713. The maximum atomic E-state index is 13.6. The standard InChI is InChI=1S/C23H32O2/c1-15-12-17(14-18(13-15)25-6)21(24)20-16(2)8-9-19-22(3,4)10-7-11-23(19,20)5/h8,12-14,19-20H,7,9-11H2,1-6H3/t19-,20+,23-/m0/s1. The highest BCUT2D eigenvalue weighted by molar-refractivity contribution is 6.00. The molecular formula is C23H32O2. The molecule has 0 amide bonds. The summed E-state index contributed by atoms with van der Waals surface area (Å²) in [6.45, 7) is 11.3. The zero-order valence-electron chi connectivity index (χ0n) is 16.6. The molecule has 0 heterocycles. The van der Waals surface area contributed by atoms with Crippen LogP contribution in [0.25, 0.3) is 0 Å². The number of methoxy groups -OCH3 is 1. The van der Waals surface area contributed by atoms with E-state index in [0.29, 0.717) is 11.3 Å². The number of hydrogen-bond acceptors (Lipinski definition) is 2. The van der Waals surface area contributed by atoms with Crippen molar-refractivity contribution in [1.29, 1.82) is 0 Å². The van der Waals surface area contributed by atoms with E-state index in [4.69, 9.17) is 4.74 Å². The quantitative estimate of drug-likeness (QED) is 0.499. The van der Waals surface area contributed by atoms with E-state index in [1.807, 2.05) is 25.1 Å². The van der Waals surface area contributed by atoms with Gasteiger partial charge in [0.15, 0.2) is 5.78 Å². The minimum atomic E-state index is -0.0164. The zero-order valence-corrected chi connectivity index (χ0v) is 16.6. The van der Waals surface area contributed by atoms with Crippen molar-refractivity contribution >= 4 is 5.78 Å². The van der Waals surface area contributed by atoms with Crippen LogP contribution in [0.4, 0.5) is 0 Å². The fourth-order valence-electron chi connectivity index (χ4n) is 5.72. The van der Waals surface area contributed by atoms with E-state index in [1.165, 1.54) is 18.4 Å². The highest BCUT2D eigenvalue weighted by atomic mass is 16.5. The van der Waals surface area contributed by atoms with Gasteiger partial charge in [-0.05, 0) is 73.6 Å². The van der Waals surface area contributed by atoms with Gasteiger partial charge in [0.25, 0.3) is 0 Å². The Balaban J connectivity index is 2.05. The van der Waals surface area contributed by atoms with Crippen molar-refractivity contribution in [3.05, 3.63) is 41.0 Å². The van der Waals surface area contributed by atoms with Crippen molar-refractivity contribution in [1.82, 2.24) is 0 Å². The molecule has 1 fully saturated rings. The van der Waals surface area contributed by atoms with Crippen LogP contribution in [0.3, 0.4) is 0 Å². The molecule has 2 aliphatic carbocycles. The third kappa shape index (κ3) is 3.05. The molecule has 0 spiro atoms. The van der Waals surface area contributed by atoms with E-state index in [-0.39, 0.29) is 17.1 Å². The Morgan fingerprint density at radius 2 is 1.84 bits per heavy atom. The molecule has 1 saturated carbocycles. The zero-order chi connectivity index (χ0) is 18.4. The fourth-order valence-corrected chi connectivity index (χ4v) is 5.72. The molecule has 3 atom stereocenters. The van der Waals surface area contributed by atoms with Gasteiger partial charge in [0.2, 0.25) is 0 Å². The molecule has 3 rings (SSSR count). The van der Waals surface area contributed by atoms with E-state index < -0.39 is 0 Å². The summed E-state index contributed by atoms with van der Waals surface area (Å²) in [6.07, 6.45) is 7.06. The molecule has 0 N–H and O–H groups in total. The van der Waals surface area contributed by atoms with Crippen LogP contribution in [0.5, 0.6) is 5.75 Å². The Morgan fingerprint density at radius 3 is 2.52 bits per heavy atom. The first-order valence-electron chi connectivity index (χ1n) is 9.55. The van der Waals surface area contributed by atoms with Crippen LogP contribution < -0.4 is 4.74 Å². The summed E-state index contributed by atoms with van der Waals surface area (Å²) >= 11 is 0. The third-order valence-electron chi connectivity index (χ3n) is 6.90. The monoisotopic (exact) mass is 340 g/mol. The molecule has 2 heteroatoms. The topological polar surface area (TPSA) is 26.3 Å². The molecule has 0 saturated heterocycles. The number of ketones is 1. The molecule has 0 aliphatic heterocycles. The minimum absolute atomic E-state index is 0.0164. The summed E-state index contributed by atoms with van der Waals surface area (Å²) in [5.41, 5.74) is 3.47. The van der Waals surface area contributed by atoms with Crippen LogP contribution in [-0.4, -0.2) is 12.9 Å². The number of fused-ring (bicyclic) bond motifs is 1. The number of benzene rings is 1. The lowest BCUT2D eigenvalue weighted by Gasteiger charge is -2.56. The molecular weight excluding hydrogens is 308 g/mol. The molecule has 2 aliphatic rings. The molecule has 25 heavy (non-hydrogen) atoms. The van der Waals surface area contributed by atoms with Crippen molar-refractivity contribution in [2.45, 2.75) is 60.3 Å². The number of aryl methyl sites for hydroxylation is 1. The summed E-state index contributed by atoms with van der Waals surface area (Å²) in [4.78, 5) is 13.6. The maximum absolute atomic E-state index is 13.6. The smallest absolute Gasteiger partial charge is 0.170 e. The summed E-state index contributed by atoms with van der Waals surface area (Å²) in [5, 5.41) is 0. The number of ether oxygens (including phenoxy) is 1. The van der Waals surface area contributed by atoms with Crippen LogP contribution in [0.1, 0.15) is 69.3 Å². The molecule has 136 valence electrons. The van der Waals surface area contributed by atoms with Gasteiger partial charge in [-0.15, -0.1) is 0 Å². The number of hydrogen-bond donors (Lipinski definition) is 0. The molecule has 2 nitrogen and oxygen atoms in total. The molecule has 0 unspecified atom stereocenters. The SMILES string of the molecule is COc1cc(C)cc(C(=O)[C@H]2C(C)=CC[C@H]3C(C)(C)CCC[C@]23C)c1. The van der Waals surface area contributed by atoms with E-state index in [2.05, 4.69) is 33.8 Å². The number of rotatable bonds is 3. The van der Waals surface area contributed by atoms with Crippen LogP contribution in [0, 0.1) is 29.6 Å². The van der Waals surface area contributed by atoms with Crippen molar-refractivity contribution < 1.29 is 9.53 Å². The highest BCUT2D eigenvalue weighted by Crippen LogP contribution is 2.60. The number of carbonyl (C=O) groups is 1. The summed E-state index contributed by atoms with van der Waals surface area (Å²) in [6, 6.07) is 5.90.